The smallest absolute Gasteiger partial charge is 0.319 e. The zero-order valence-corrected chi connectivity index (χ0v) is 26.9. The SMILES string of the molecule is C#Cc1c(F)ccc2cccc(-c3nc4c5c(nc(OC[C@]67CC(=C)CN6CC[C@@H]7OC)nc5c3F)N3C[C@H]5CC[C@H](N5)[C@H]3[C@H](C)O4)c12. The van der Waals surface area contributed by atoms with Crippen LogP contribution in [0, 0.1) is 24.0 Å². The number of nitrogens with zero attached hydrogens (tertiary/aromatic N) is 5. The third kappa shape index (κ3) is 4.22. The number of piperazine rings is 1. The van der Waals surface area contributed by atoms with E-state index in [1.807, 2.05) is 13.0 Å². The number of hydrogen-bond donors (Lipinski definition) is 1. The summed E-state index contributed by atoms with van der Waals surface area (Å²) in [6.45, 7) is 8.88. The van der Waals surface area contributed by atoms with Crippen LogP contribution in [0.15, 0.2) is 42.5 Å². The number of halogens is 2. The molecule has 4 saturated heterocycles. The van der Waals surface area contributed by atoms with Gasteiger partial charge < -0.3 is 24.4 Å². The second-order valence-electron chi connectivity index (χ2n) is 13.9. The highest BCUT2D eigenvalue weighted by Crippen LogP contribution is 2.46. The molecule has 0 unspecified atom stereocenters. The van der Waals surface area contributed by atoms with E-state index in [0.29, 0.717) is 34.1 Å². The molecule has 4 fully saturated rings. The first-order valence-electron chi connectivity index (χ1n) is 16.7. The Morgan fingerprint density at radius 1 is 1.15 bits per heavy atom. The first-order chi connectivity index (χ1) is 23.3. The molecule has 6 atom stereocenters. The summed E-state index contributed by atoms with van der Waals surface area (Å²) in [5.74, 6) is 1.99. The van der Waals surface area contributed by atoms with Crippen molar-refractivity contribution < 1.29 is 23.0 Å². The van der Waals surface area contributed by atoms with Crippen molar-refractivity contribution in [2.24, 2.45) is 0 Å². The van der Waals surface area contributed by atoms with Crippen LogP contribution in [0.4, 0.5) is 14.6 Å². The zero-order valence-electron chi connectivity index (χ0n) is 26.9. The van der Waals surface area contributed by atoms with E-state index in [4.69, 9.17) is 35.6 Å². The molecule has 2 bridgehead atoms. The molecule has 48 heavy (non-hydrogen) atoms. The van der Waals surface area contributed by atoms with Gasteiger partial charge in [-0.15, -0.1) is 6.42 Å². The minimum absolute atomic E-state index is 0.0281. The third-order valence-corrected chi connectivity index (χ3v) is 11.2. The van der Waals surface area contributed by atoms with E-state index in [9.17, 15) is 0 Å². The lowest BCUT2D eigenvalue weighted by molar-refractivity contribution is -0.0119. The first kappa shape index (κ1) is 29.7. The molecule has 1 N–H and O–H groups in total. The van der Waals surface area contributed by atoms with Gasteiger partial charge in [-0.25, -0.2) is 13.8 Å². The molecule has 0 amide bonds. The monoisotopic (exact) mass is 650 g/mol. The lowest BCUT2D eigenvalue weighted by Gasteiger charge is -2.42. The summed E-state index contributed by atoms with van der Waals surface area (Å²) in [5.41, 5.74) is 1.12. The number of anilines is 1. The molecule has 11 heteroatoms. The molecule has 7 heterocycles. The van der Waals surface area contributed by atoms with Crippen LogP contribution in [0.5, 0.6) is 11.9 Å². The van der Waals surface area contributed by atoms with E-state index in [2.05, 4.69) is 27.6 Å². The molecular weight excluding hydrogens is 614 g/mol. The van der Waals surface area contributed by atoms with Gasteiger partial charge in [-0.3, -0.25) is 4.90 Å². The lowest BCUT2D eigenvalue weighted by atomic mass is 9.91. The molecular formula is C37H36F2N6O3. The molecule has 9 nitrogen and oxygen atoms in total. The van der Waals surface area contributed by atoms with Gasteiger partial charge in [0.05, 0.1) is 23.2 Å². The number of fused-ring (bicyclic) bond motifs is 7. The topological polar surface area (TPSA) is 84.9 Å². The van der Waals surface area contributed by atoms with Crippen LogP contribution in [-0.2, 0) is 4.74 Å². The Kier molecular flexibility index (Phi) is 6.71. The first-order valence-corrected chi connectivity index (χ1v) is 16.7. The standard InChI is InChI=1S/C37H36F2N6O3/c1-5-23-25(38)11-9-21-7-6-8-24(28(21)23)31-30(39)32-29-34(45-17-22-10-12-26(40-22)33(45)20(3)48-35(29)41-31)43-36(42-32)47-18-37-15-19(2)16-44(37)14-13-27(37)46-4/h1,6-9,11,20,22,26-27,33,40H,2,10,12-18H2,3-4H3/t20-,22+,26-,27-,33+,37-/m0/s1. The van der Waals surface area contributed by atoms with Crippen molar-refractivity contribution in [3.05, 3.63) is 59.7 Å². The van der Waals surface area contributed by atoms with E-state index in [1.165, 1.54) is 6.07 Å². The normalized spacial score (nSPS) is 29.1. The number of rotatable bonds is 5. The van der Waals surface area contributed by atoms with Gasteiger partial charge in [0.25, 0.3) is 0 Å². The summed E-state index contributed by atoms with van der Waals surface area (Å²) in [6, 6.07) is 8.68. The molecule has 0 radical (unpaired) electrons. The maximum absolute atomic E-state index is 17.2. The summed E-state index contributed by atoms with van der Waals surface area (Å²) >= 11 is 0. The van der Waals surface area contributed by atoms with Gasteiger partial charge in [0.1, 0.15) is 40.9 Å². The Morgan fingerprint density at radius 3 is 2.85 bits per heavy atom. The Hall–Kier alpha value is -4.37. The highest BCUT2D eigenvalue weighted by molar-refractivity contribution is 6.03. The van der Waals surface area contributed by atoms with Crippen LogP contribution in [0.3, 0.4) is 0 Å². The zero-order chi connectivity index (χ0) is 32.9. The fraction of sp³-hybridized carbons (Fsp3) is 0.432. The van der Waals surface area contributed by atoms with Crippen LogP contribution in [-0.4, -0.2) is 89.1 Å². The highest BCUT2D eigenvalue weighted by atomic mass is 19.1. The van der Waals surface area contributed by atoms with Gasteiger partial charge in [0.15, 0.2) is 5.82 Å². The van der Waals surface area contributed by atoms with Crippen molar-refractivity contribution in [2.75, 3.05) is 38.3 Å². The van der Waals surface area contributed by atoms with Gasteiger partial charge >= 0.3 is 6.01 Å². The minimum Gasteiger partial charge on any atom is -0.472 e. The summed E-state index contributed by atoms with van der Waals surface area (Å²) < 4.78 is 51.2. The van der Waals surface area contributed by atoms with Crippen LogP contribution >= 0.6 is 0 Å². The summed E-state index contributed by atoms with van der Waals surface area (Å²) in [5, 5.41) is 5.20. The van der Waals surface area contributed by atoms with Crippen molar-refractivity contribution >= 4 is 27.5 Å². The van der Waals surface area contributed by atoms with E-state index in [0.717, 1.165) is 44.3 Å². The number of pyridine rings is 1. The van der Waals surface area contributed by atoms with E-state index >= 15 is 8.78 Å². The summed E-state index contributed by atoms with van der Waals surface area (Å²) in [4.78, 5) is 19.1. The largest absolute Gasteiger partial charge is 0.472 e. The van der Waals surface area contributed by atoms with Gasteiger partial charge in [-0.2, -0.15) is 9.97 Å². The fourth-order valence-corrected chi connectivity index (χ4v) is 9.18. The molecule has 2 aromatic heterocycles. The number of aromatic nitrogens is 3. The van der Waals surface area contributed by atoms with E-state index < -0.39 is 17.2 Å². The Balaban J connectivity index is 1.25. The van der Waals surface area contributed by atoms with Crippen LogP contribution < -0.4 is 19.7 Å². The minimum atomic E-state index is -0.681. The summed E-state index contributed by atoms with van der Waals surface area (Å²) in [7, 11) is 1.73. The van der Waals surface area contributed by atoms with Crippen molar-refractivity contribution in [3.63, 3.8) is 0 Å². The number of ether oxygens (including phenoxy) is 3. The fourth-order valence-electron chi connectivity index (χ4n) is 9.18. The Morgan fingerprint density at radius 2 is 2.02 bits per heavy atom. The van der Waals surface area contributed by atoms with Crippen molar-refractivity contribution in [3.8, 4) is 35.5 Å². The molecule has 4 aromatic rings. The molecule has 246 valence electrons. The number of methoxy groups -OCH3 is 1. The van der Waals surface area contributed by atoms with Gasteiger partial charge in [-0.05, 0) is 44.1 Å². The van der Waals surface area contributed by atoms with Crippen LogP contribution in [0.1, 0.15) is 38.2 Å². The molecule has 2 aromatic carbocycles. The van der Waals surface area contributed by atoms with E-state index in [1.54, 1.807) is 25.3 Å². The van der Waals surface area contributed by atoms with Crippen LogP contribution in [0.25, 0.3) is 32.9 Å². The van der Waals surface area contributed by atoms with E-state index in [-0.39, 0.29) is 65.6 Å². The Labute approximate surface area is 277 Å². The average Bonchev–Trinajstić information content (AvgIpc) is 3.71. The number of benzene rings is 2. The third-order valence-electron chi connectivity index (χ3n) is 11.2. The van der Waals surface area contributed by atoms with Crippen molar-refractivity contribution in [1.29, 1.82) is 0 Å². The predicted molar refractivity (Wildman–Crippen MR) is 178 cm³/mol. The number of nitrogens with one attached hydrogen (secondary N) is 1. The molecule has 0 saturated carbocycles. The molecule has 0 spiro atoms. The van der Waals surface area contributed by atoms with Gasteiger partial charge in [-0.1, -0.05) is 42.3 Å². The van der Waals surface area contributed by atoms with Gasteiger partial charge in [0, 0.05) is 49.8 Å². The van der Waals surface area contributed by atoms with Crippen molar-refractivity contribution in [1.82, 2.24) is 25.2 Å². The van der Waals surface area contributed by atoms with Crippen LogP contribution in [0.2, 0.25) is 0 Å². The maximum Gasteiger partial charge on any atom is 0.319 e. The molecule has 5 aliphatic rings. The second kappa shape index (κ2) is 10.8. The average molecular weight is 651 g/mol. The second-order valence-corrected chi connectivity index (χ2v) is 13.9. The molecule has 0 aliphatic carbocycles. The highest BCUT2D eigenvalue weighted by Gasteiger charge is 2.54. The number of terminal acetylenes is 1. The number of hydrogen-bond acceptors (Lipinski definition) is 9. The van der Waals surface area contributed by atoms with Gasteiger partial charge in [0.2, 0.25) is 5.88 Å². The predicted octanol–water partition coefficient (Wildman–Crippen LogP) is 4.99. The maximum atomic E-state index is 17.2. The van der Waals surface area contributed by atoms with Crippen molar-refractivity contribution in [2.45, 2.75) is 68.5 Å². The molecule has 5 aliphatic heterocycles. The summed E-state index contributed by atoms with van der Waals surface area (Å²) in [6.07, 6.45) is 9.09. The lowest BCUT2D eigenvalue weighted by Crippen LogP contribution is -2.62. The quantitative estimate of drug-likeness (QED) is 0.237. The molecule has 9 rings (SSSR count). The Bertz CT molecular complexity index is 2070.